The molecule has 1 heterocycles. The van der Waals surface area contributed by atoms with Gasteiger partial charge in [-0.15, -0.1) is 0 Å². The first-order chi connectivity index (χ1) is 3.22. The summed E-state index contributed by atoms with van der Waals surface area (Å²) in [6.45, 7) is 4.60. The quantitative estimate of drug-likeness (QED) is 0.424. The Hall–Kier alpha value is 0.220. The van der Waals surface area contributed by atoms with Crippen LogP contribution in [0.2, 0.25) is 0 Å². The van der Waals surface area contributed by atoms with Crippen molar-refractivity contribution in [3.63, 3.8) is 0 Å². The average molecular weight is 116 g/mol. The highest BCUT2D eigenvalue weighted by molar-refractivity contribution is 8.17. The highest BCUT2D eigenvalue weighted by Crippen LogP contribution is 2.32. The molecule has 0 aromatic carbocycles. The van der Waals surface area contributed by atoms with E-state index in [1.807, 2.05) is 0 Å². The maximum absolute atomic E-state index is 2.34. The highest BCUT2D eigenvalue weighted by atomic mass is 32.2. The first-order valence-corrected chi connectivity index (χ1v) is 4.38. The van der Waals surface area contributed by atoms with Gasteiger partial charge < -0.3 is 0 Å². The summed E-state index contributed by atoms with van der Waals surface area (Å²) < 4.78 is 0. The van der Waals surface area contributed by atoms with E-state index in [9.17, 15) is 0 Å². The molecule has 0 saturated heterocycles. The molecule has 0 nitrogen and oxygen atoms in total. The van der Waals surface area contributed by atoms with Gasteiger partial charge in [-0.25, -0.2) is 0 Å². The van der Waals surface area contributed by atoms with Gasteiger partial charge in [-0.05, 0) is 24.5 Å². The van der Waals surface area contributed by atoms with Crippen LogP contribution < -0.4 is 0 Å². The van der Waals surface area contributed by atoms with Gasteiger partial charge in [0.05, 0.1) is 0 Å². The average Bonchev–Trinajstić information content (AvgIpc) is 1.68. The molecule has 0 bridgehead atoms. The fraction of sp³-hybridized carbons (Fsp3) is 0.833. The molecule has 1 aliphatic rings. The zero-order valence-corrected chi connectivity index (χ0v) is 6.01. The molecule has 1 heteroatoms. The molecule has 42 valence electrons. The molecule has 0 fully saturated rings. The predicted molar refractivity (Wildman–Crippen MR) is 38.3 cm³/mol. The van der Waals surface area contributed by atoms with Crippen LogP contribution in [0.25, 0.3) is 0 Å². The fourth-order valence-corrected chi connectivity index (χ4v) is 2.31. The Morgan fingerprint density at radius 1 is 1.71 bits per heavy atom. The largest absolute Gasteiger partial charge is 0.187 e. The van der Waals surface area contributed by atoms with Gasteiger partial charge in [-0.2, -0.15) is 10.5 Å². The lowest BCUT2D eigenvalue weighted by molar-refractivity contribution is 1.00. The van der Waals surface area contributed by atoms with Gasteiger partial charge in [0.25, 0.3) is 0 Å². The van der Waals surface area contributed by atoms with Gasteiger partial charge in [0.15, 0.2) is 0 Å². The molecule has 2 unspecified atom stereocenters. The van der Waals surface area contributed by atoms with E-state index in [-0.39, 0.29) is 0 Å². The normalized spacial score (nSPS) is 40.7. The highest BCUT2D eigenvalue weighted by Gasteiger charge is 2.15. The van der Waals surface area contributed by atoms with E-state index in [0.29, 0.717) is 10.5 Å². The van der Waals surface area contributed by atoms with E-state index < -0.39 is 0 Å². The molecule has 1 aliphatic heterocycles. The Morgan fingerprint density at radius 2 is 2.29 bits per heavy atom. The second kappa shape index (κ2) is 1.62. The van der Waals surface area contributed by atoms with Crippen LogP contribution in [-0.4, -0.2) is 16.4 Å². The third kappa shape index (κ3) is 0.742. The summed E-state index contributed by atoms with van der Waals surface area (Å²) in [5, 5.41) is 1.000. The molecule has 0 saturated carbocycles. The first kappa shape index (κ1) is 5.36. The van der Waals surface area contributed by atoms with Crippen molar-refractivity contribution in [1.82, 2.24) is 0 Å². The van der Waals surface area contributed by atoms with Crippen molar-refractivity contribution in [2.45, 2.75) is 25.5 Å². The van der Waals surface area contributed by atoms with Crippen molar-refractivity contribution in [3.8, 4) is 0 Å². The van der Waals surface area contributed by atoms with E-state index >= 15 is 0 Å². The van der Waals surface area contributed by atoms with Crippen LogP contribution in [0.1, 0.15) is 20.3 Å². The van der Waals surface area contributed by atoms with Gasteiger partial charge in [-0.1, -0.05) is 6.92 Å². The number of rotatable bonds is 0. The van der Waals surface area contributed by atoms with Crippen molar-refractivity contribution in [1.29, 1.82) is 0 Å². The SMILES string of the molecule is CC1=S(C)C(C)C1. The standard InChI is InChI=1S/C6H12S/c1-5-4-6(2)7(5)3/h5H,4H2,1-3H3. The van der Waals surface area contributed by atoms with Crippen LogP contribution in [0.4, 0.5) is 0 Å². The molecule has 7 heavy (non-hydrogen) atoms. The molecule has 0 amide bonds. The molecule has 0 aliphatic carbocycles. The summed E-state index contributed by atoms with van der Waals surface area (Å²) in [5.41, 5.74) is 0. The van der Waals surface area contributed by atoms with Crippen molar-refractivity contribution in [2.24, 2.45) is 0 Å². The minimum absolute atomic E-state index is 0.685. The Bertz CT molecular complexity index is 113. The van der Waals surface area contributed by atoms with Crippen molar-refractivity contribution in [3.05, 3.63) is 0 Å². The molecule has 0 N–H and O–H groups in total. The molecular weight excluding hydrogens is 104 g/mol. The van der Waals surface area contributed by atoms with Gasteiger partial charge >= 0.3 is 0 Å². The van der Waals surface area contributed by atoms with Gasteiger partial charge in [0, 0.05) is 5.25 Å². The summed E-state index contributed by atoms with van der Waals surface area (Å²) in [6, 6.07) is 0. The Labute approximate surface area is 47.9 Å². The molecule has 0 radical (unpaired) electrons. The van der Waals surface area contributed by atoms with Crippen LogP contribution >= 0.6 is 10.5 Å². The minimum Gasteiger partial charge on any atom is -0.187 e. The summed E-state index contributed by atoms with van der Waals surface area (Å²) in [5.74, 6) is 0. The van der Waals surface area contributed by atoms with E-state index in [2.05, 4.69) is 20.1 Å². The first-order valence-electron chi connectivity index (χ1n) is 2.69. The summed E-state index contributed by atoms with van der Waals surface area (Å²) >= 11 is 0. The Morgan fingerprint density at radius 3 is 2.29 bits per heavy atom. The van der Waals surface area contributed by atoms with E-state index in [4.69, 9.17) is 0 Å². The van der Waals surface area contributed by atoms with E-state index in [1.165, 1.54) is 6.42 Å². The predicted octanol–water partition coefficient (Wildman–Crippen LogP) is 1.87. The number of hydrogen-bond acceptors (Lipinski definition) is 0. The number of hydrogen-bond donors (Lipinski definition) is 0. The van der Waals surface area contributed by atoms with Gasteiger partial charge in [-0.3, -0.25) is 0 Å². The van der Waals surface area contributed by atoms with Crippen molar-refractivity contribution in [2.75, 3.05) is 6.26 Å². The third-order valence-electron chi connectivity index (χ3n) is 1.73. The third-order valence-corrected chi connectivity index (χ3v) is 4.37. The lowest BCUT2D eigenvalue weighted by atomic mass is 10.2. The summed E-state index contributed by atoms with van der Waals surface area (Å²) in [6.07, 6.45) is 3.73. The van der Waals surface area contributed by atoms with Crippen LogP contribution in [0.15, 0.2) is 0 Å². The summed E-state index contributed by atoms with van der Waals surface area (Å²) in [7, 11) is 0.685. The lowest BCUT2D eigenvalue weighted by Crippen LogP contribution is -2.17. The molecule has 0 spiro atoms. The monoisotopic (exact) mass is 116 g/mol. The van der Waals surface area contributed by atoms with Crippen molar-refractivity contribution < 1.29 is 0 Å². The lowest BCUT2D eigenvalue weighted by Gasteiger charge is -2.26. The second-order valence-electron chi connectivity index (χ2n) is 2.27. The van der Waals surface area contributed by atoms with Gasteiger partial charge in [0.2, 0.25) is 0 Å². The van der Waals surface area contributed by atoms with Crippen LogP contribution in [0.3, 0.4) is 0 Å². The van der Waals surface area contributed by atoms with Crippen LogP contribution in [0, 0.1) is 0 Å². The van der Waals surface area contributed by atoms with E-state index in [0.717, 1.165) is 5.25 Å². The molecule has 0 aromatic rings. The maximum atomic E-state index is 2.34. The zero-order valence-electron chi connectivity index (χ0n) is 5.19. The van der Waals surface area contributed by atoms with Crippen LogP contribution in [-0.2, 0) is 0 Å². The molecule has 2 atom stereocenters. The molecular formula is C6H12S. The van der Waals surface area contributed by atoms with Crippen LogP contribution in [0.5, 0.6) is 0 Å². The van der Waals surface area contributed by atoms with E-state index in [1.54, 1.807) is 4.86 Å². The topological polar surface area (TPSA) is 0 Å². The zero-order chi connectivity index (χ0) is 5.44. The molecule has 1 rings (SSSR count). The Balaban J connectivity index is 2.65. The summed E-state index contributed by atoms with van der Waals surface area (Å²) in [4.78, 5) is 1.72. The Kier molecular flexibility index (Phi) is 1.24. The van der Waals surface area contributed by atoms with Gasteiger partial charge in [0.1, 0.15) is 0 Å². The minimum atomic E-state index is 0.685. The smallest absolute Gasteiger partial charge is 0.000791 e. The molecule has 0 aromatic heterocycles. The van der Waals surface area contributed by atoms with Crippen molar-refractivity contribution >= 4 is 15.3 Å². The maximum Gasteiger partial charge on any atom is 0.000791 e. The second-order valence-corrected chi connectivity index (χ2v) is 4.89. The fourth-order valence-electron chi connectivity index (χ4n) is 0.905.